The number of pyridine rings is 1. The van der Waals surface area contributed by atoms with Crippen molar-refractivity contribution in [3.05, 3.63) is 90.3 Å². The van der Waals surface area contributed by atoms with Crippen LogP contribution >= 0.6 is 0 Å². The number of amides is 1. The molecule has 0 saturated carbocycles. The van der Waals surface area contributed by atoms with E-state index in [0.717, 1.165) is 0 Å². The van der Waals surface area contributed by atoms with Crippen LogP contribution in [-0.4, -0.2) is 37.0 Å². The van der Waals surface area contributed by atoms with Gasteiger partial charge in [-0.15, -0.1) is 5.10 Å². The summed E-state index contributed by atoms with van der Waals surface area (Å²) in [4.78, 5) is 27.6. The number of carbonyl (C=O) groups is 2. The molecule has 0 atom stereocenters. The quantitative estimate of drug-likeness (QED) is 0.546. The number of carboxylic acid groups (broad SMARTS) is 1. The lowest BCUT2D eigenvalue weighted by molar-refractivity contribution is 0.0696. The van der Waals surface area contributed by atoms with Gasteiger partial charge >= 0.3 is 5.97 Å². The van der Waals surface area contributed by atoms with Crippen LogP contribution in [0.2, 0.25) is 0 Å². The van der Waals surface area contributed by atoms with Crippen molar-refractivity contribution < 1.29 is 14.7 Å². The van der Waals surface area contributed by atoms with E-state index in [0.29, 0.717) is 28.3 Å². The molecule has 2 aromatic carbocycles. The summed E-state index contributed by atoms with van der Waals surface area (Å²) in [5.41, 5.74) is 2.82. The van der Waals surface area contributed by atoms with Crippen molar-refractivity contribution in [2.45, 2.75) is 0 Å². The number of hydrogen-bond acceptors (Lipinski definition) is 5. The van der Waals surface area contributed by atoms with Crippen LogP contribution in [0.3, 0.4) is 0 Å². The van der Waals surface area contributed by atoms with Gasteiger partial charge in [-0.1, -0.05) is 29.5 Å². The molecule has 0 radical (unpaired) electrons. The highest BCUT2D eigenvalue weighted by atomic mass is 16.4. The molecular formula is C21H15N5O3. The van der Waals surface area contributed by atoms with Gasteiger partial charge in [-0.25, -0.2) is 9.48 Å². The van der Waals surface area contributed by atoms with E-state index in [1.54, 1.807) is 48.7 Å². The minimum absolute atomic E-state index is 0.121. The summed E-state index contributed by atoms with van der Waals surface area (Å²) in [6.45, 7) is 0. The fourth-order valence-corrected chi connectivity index (χ4v) is 2.73. The highest BCUT2D eigenvalue weighted by Crippen LogP contribution is 2.19. The van der Waals surface area contributed by atoms with Crippen LogP contribution in [-0.2, 0) is 0 Å². The first-order valence-corrected chi connectivity index (χ1v) is 8.69. The normalized spacial score (nSPS) is 10.5. The summed E-state index contributed by atoms with van der Waals surface area (Å²) >= 11 is 0. The molecule has 0 aliphatic rings. The summed E-state index contributed by atoms with van der Waals surface area (Å²) in [6, 6.07) is 18.9. The molecule has 0 aliphatic heterocycles. The van der Waals surface area contributed by atoms with E-state index in [1.165, 1.54) is 23.0 Å². The Kier molecular flexibility index (Phi) is 4.81. The van der Waals surface area contributed by atoms with Crippen molar-refractivity contribution >= 4 is 17.6 Å². The maximum Gasteiger partial charge on any atom is 0.335 e. The van der Waals surface area contributed by atoms with Crippen molar-refractivity contribution in [1.82, 2.24) is 20.0 Å². The summed E-state index contributed by atoms with van der Waals surface area (Å²) < 4.78 is 1.53. The second kappa shape index (κ2) is 7.73. The first kappa shape index (κ1) is 18.1. The molecule has 8 nitrogen and oxygen atoms in total. The minimum atomic E-state index is -1.04. The van der Waals surface area contributed by atoms with Crippen LogP contribution in [0.4, 0.5) is 5.69 Å². The Balaban J connectivity index is 1.57. The number of anilines is 1. The van der Waals surface area contributed by atoms with Crippen LogP contribution in [0, 0.1) is 0 Å². The van der Waals surface area contributed by atoms with Gasteiger partial charge in [-0.2, -0.15) is 0 Å². The number of nitrogens with zero attached hydrogens (tertiary/aromatic N) is 4. The number of aromatic carboxylic acids is 1. The summed E-state index contributed by atoms with van der Waals surface area (Å²) in [5, 5.41) is 20.1. The highest BCUT2D eigenvalue weighted by Gasteiger charge is 2.11. The Morgan fingerprint density at radius 2 is 1.72 bits per heavy atom. The Morgan fingerprint density at radius 3 is 2.52 bits per heavy atom. The Hall–Kier alpha value is -4.33. The lowest BCUT2D eigenvalue weighted by Gasteiger charge is -2.07. The van der Waals surface area contributed by atoms with Crippen molar-refractivity contribution in [2.24, 2.45) is 0 Å². The maximum absolute atomic E-state index is 12.3. The lowest BCUT2D eigenvalue weighted by atomic mass is 10.2. The van der Waals surface area contributed by atoms with Crippen LogP contribution in [0.5, 0.6) is 0 Å². The molecule has 2 heterocycles. The van der Waals surface area contributed by atoms with Gasteiger partial charge in [0.05, 0.1) is 23.1 Å². The Morgan fingerprint density at radius 1 is 0.897 bits per heavy atom. The molecule has 8 heteroatoms. The SMILES string of the molecule is O=C(O)c1ccnc(-c2cn(-c3cccc(NC(=O)c4ccccc4)c3)nn2)c1. The fourth-order valence-electron chi connectivity index (χ4n) is 2.73. The van der Waals surface area contributed by atoms with Crippen LogP contribution < -0.4 is 5.32 Å². The number of benzene rings is 2. The second-order valence-electron chi connectivity index (χ2n) is 6.15. The van der Waals surface area contributed by atoms with Gasteiger partial charge in [0.1, 0.15) is 5.69 Å². The molecule has 0 saturated heterocycles. The van der Waals surface area contributed by atoms with E-state index < -0.39 is 5.97 Å². The van der Waals surface area contributed by atoms with Gasteiger partial charge in [0.2, 0.25) is 0 Å². The molecule has 0 bridgehead atoms. The molecular weight excluding hydrogens is 370 g/mol. The third-order valence-corrected chi connectivity index (χ3v) is 4.17. The van der Waals surface area contributed by atoms with E-state index >= 15 is 0 Å². The standard InChI is InChI=1S/C21H15N5O3/c27-20(14-5-2-1-3-6-14)23-16-7-4-8-17(12-16)26-13-19(24-25-26)18-11-15(21(28)29)9-10-22-18/h1-13H,(H,23,27)(H,28,29). The van der Waals surface area contributed by atoms with Crippen molar-refractivity contribution in [3.8, 4) is 17.1 Å². The van der Waals surface area contributed by atoms with Gasteiger partial charge in [0.15, 0.2) is 0 Å². The van der Waals surface area contributed by atoms with Crippen LogP contribution in [0.15, 0.2) is 79.1 Å². The minimum Gasteiger partial charge on any atom is -0.478 e. The topological polar surface area (TPSA) is 110 Å². The van der Waals surface area contributed by atoms with Gasteiger partial charge in [0, 0.05) is 17.4 Å². The molecule has 4 aromatic rings. The number of aromatic nitrogens is 4. The van der Waals surface area contributed by atoms with Crippen molar-refractivity contribution in [2.75, 3.05) is 5.32 Å². The van der Waals surface area contributed by atoms with Gasteiger partial charge in [-0.3, -0.25) is 9.78 Å². The smallest absolute Gasteiger partial charge is 0.335 e. The summed E-state index contributed by atoms with van der Waals surface area (Å²) in [7, 11) is 0. The number of rotatable bonds is 5. The van der Waals surface area contributed by atoms with Crippen LogP contribution in [0.25, 0.3) is 17.1 Å². The van der Waals surface area contributed by atoms with E-state index in [-0.39, 0.29) is 11.5 Å². The predicted octanol–water partition coefficient (Wildman–Crippen LogP) is 3.28. The van der Waals surface area contributed by atoms with E-state index in [9.17, 15) is 9.59 Å². The van der Waals surface area contributed by atoms with Crippen molar-refractivity contribution in [1.29, 1.82) is 0 Å². The first-order valence-electron chi connectivity index (χ1n) is 8.69. The Labute approximate surface area is 165 Å². The molecule has 29 heavy (non-hydrogen) atoms. The number of carbonyl (C=O) groups excluding carboxylic acids is 1. The molecule has 1 amide bonds. The van der Waals surface area contributed by atoms with Gasteiger partial charge in [0.25, 0.3) is 5.91 Å². The lowest BCUT2D eigenvalue weighted by Crippen LogP contribution is -2.11. The zero-order valence-corrected chi connectivity index (χ0v) is 15.1. The molecule has 0 aliphatic carbocycles. The average molecular weight is 385 g/mol. The van der Waals surface area contributed by atoms with E-state index in [1.807, 2.05) is 12.1 Å². The maximum atomic E-state index is 12.3. The number of nitrogens with one attached hydrogen (secondary N) is 1. The van der Waals surface area contributed by atoms with Crippen molar-refractivity contribution in [3.63, 3.8) is 0 Å². The molecule has 142 valence electrons. The summed E-state index contributed by atoms with van der Waals surface area (Å²) in [6.07, 6.45) is 3.06. The molecule has 0 unspecified atom stereocenters. The zero-order valence-electron chi connectivity index (χ0n) is 15.1. The molecule has 4 rings (SSSR count). The monoisotopic (exact) mass is 385 g/mol. The Bertz CT molecular complexity index is 1190. The van der Waals surface area contributed by atoms with E-state index in [2.05, 4.69) is 20.6 Å². The third kappa shape index (κ3) is 4.01. The molecule has 2 aromatic heterocycles. The molecule has 0 spiro atoms. The van der Waals surface area contributed by atoms with Gasteiger partial charge < -0.3 is 10.4 Å². The second-order valence-corrected chi connectivity index (χ2v) is 6.15. The van der Waals surface area contributed by atoms with E-state index in [4.69, 9.17) is 5.11 Å². The highest BCUT2D eigenvalue weighted by molar-refractivity contribution is 6.04. The largest absolute Gasteiger partial charge is 0.478 e. The fraction of sp³-hybridized carbons (Fsp3) is 0. The molecule has 2 N–H and O–H groups in total. The first-order chi connectivity index (χ1) is 14.1. The number of carboxylic acids is 1. The third-order valence-electron chi connectivity index (χ3n) is 4.17. The van der Waals surface area contributed by atoms with Crippen LogP contribution in [0.1, 0.15) is 20.7 Å². The number of hydrogen-bond donors (Lipinski definition) is 2. The average Bonchev–Trinajstić information content (AvgIpc) is 3.25. The predicted molar refractivity (Wildman–Crippen MR) is 106 cm³/mol. The van der Waals surface area contributed by atoms with Gasteiger partial charge in [-0.05, 0) is 42.5 Å². The molecule has 0 fully saturated rings. The zero-order chi connectivity index (χ0) is 20.2. The summed E-state index contributed by atoms with van der Waals surface area (Å²) in [5.74, 6) is -1.25.